The number of ether oxygens (including phenoxy) is 1. The zero-order chi connectivity index (χ0) is 14.7. The Morgan fingerprint density at radius 3 is 3.10 bits per heavy atom. The molecule has 2 aliphatic heterocycles. The van der Waals surface area contributed by atoms with Crippen molar-refractivity contribution in [3.8, 4) is 0 Å². The van der Waals surface area contributed by atoms with E-state index in [1.165, 1.54) is 17.1 Å². The van der Waals surface area contributed by atoms with Crippen molar-refractivity contribution in [2.24, 2.45) is 11.7 Å². The van der Waals surface area contributed by atoms with E-state index in [0.29, 0.717) is 5.92 Å². The molecule has 2 aliphatic rings. The van der Waals surface area contributed by atoms with E-state index in [0.717, 1.165) is 35.4 Å². The molecule has 3 rings (SSSR count). The molecule has 2 heterocycles. The van der Waals surface area contributed by atoms with Crippen molar-refractivity contribution in [3.05, 3.63) is 28.7 Å². The lowest BCUT2D eigenvalue weighted by Gasteiger charge is -2.40. The average Bonchev–Trinajstić information content (AvgIpc) is 2.94. The van der Waals surface area contributed by atoms with Gasteiger partial charge in [0.2, 0.25) is 0 Å². The predicted octanol–water partition coefficient (Wildman–Crippen LogP) is 4.17. The van der Waals surface area contributed by atoms with Crippen molar-refractivity contribution < 1.29 is 4.74 Å². The molecule has 5 heteroatoms. The van der Waals surface area contributed by atoms with Crippen molar-refractivity contribution in [2.75, 3.05) is 23.9 Å². The number of hydrogen-bond donors (Lipinski definition) is 1. The molecule has 1 spiro atoms. The molecule has 0 aliphatic carbocycles. The second kappa shape index (κ2) is 7.26. The quantitative estimate of drug-likeness (QED) is 0.786. The van der Waals surface area contributed by atoms with Crippen LogP contribution in [0.2, 0.25) is 0 Å². The molecule has 2 nitrogen and oxygen atoms in total. The van der Waals surface area contributed by atoms with Crippen LogP contribution in [0.25, 0.3) is 0 Å². The minimum absolute atomic E-state index is 0.142. The highest BCUT2D eigenvalue weighted by Gasteiger charge is 2.41. The van der Waals surface area contributed by atoms with Crippen LogP contribution in [0.5, 0.6) is 0 Å². The minimum atomic E-state index is 0.142. The molecule has 1 aromatic carbocycles. The van der Waals surface area contributed by atoms with Crippen molar-refractivity contribution >= 4 is 39.5 Å². The summed E-state index contributed by atoms with van der Waals surface area (Å²) in [7, 11) is 0. The van der Waals surface area contributed by atoms with Gasteiger partial charge in [0.25, 0.3) is 0 Å². The summed E-state index contributed by atoms with van der Waals surface area (Å²) in [6, 6.07) is 8.63. The van der Waals surface area contributed by atoms with Gasteiger partial charge in [-0.05, 0) is 59.0 Å². The summed E-state index contributed by atoms with van der Waals surface area (Å²) >= 11 is 7.50. The van der Waals surface area contributed by atoms with Crippen LogP contribution in [0.15, 0.2) is 33.6 Å². The Morgan fingerprint density at radius 2 is 2.33 bits per heavy atom. The number of hydrogen-bond acceptors (Lipinski definition) is 4. The Hall–Kier alpha value is 0.320. The third-order valence-corrected chi connectivity index (χ3v) is 7.87. The Labute approximate surface area is 144 Å². The Morgan fingerprint density at radius 1 is 1.48 bits per heavy atom. The Bertz CT molecular complexity index is 479. The van der Waals surface area contributed by atoms with E-state index in [2.05, 4.69) is 34.1 Å². The van der Waals surface area contributed by atoms with E-state index >= 15 is 0 Å². The molecule has 2 fully saturated rings. The van der Waals surface area contributed by atoms with Crippen LogP contribution in [0, 0.1) is 5.92 Å². The first kappa shape index (κ1) is 16.2. The zero-order valence-corrected chi connectivity index (χ0v) is 15.3. The fourth-order valence-corrected chi connectivity index (χ4v) is 6.21. The van der Waals surface area contributed by atoms with E-state index in [-0.39, 0.29) is 11.6 Å². The molecule has 2 N–H and O–H groups in total. The molecule has 1 aromatic rings. The first-order chi connectivity index (χ1) is 10.2. The van der Waals surface area contributed by atoms with Gasteiger partial charge in [0.05, 0.1) is 5.60 Å². The molecule has 2 saturated heterocycles. The van der Waals surface area contributed by atoms with Gasteiger partial charge in [-0.1, -0.05) is 12.1 Å². The second-order valence-electron chi connectivity index (χ2n) is 5.99. The number of benzene rings is 1. The summed E-state index contributed by atoms with van der Waals surface area (Å²) in [5.41, 5.74) is 6.64. The number of rotatable bonds is 4. The number of nitrogens with two attached hydrogens (primary N) is 1. The fraction of sp³-hybridized carbons (Fsp3) is 0.625. The zero-order valence-electron chi connectivity index (χ0n) is 12.1. The molecule has 0 aromatic heterocycles. The normalized spacial score (nSPS) is 30.7. The maximum absolute atomic E-state index is 6.50. The summed E-state index contributed by atoms with van der Waals surface area (Å²) in [5.74, 6) is 3.99. The van der Waals surface area contributed by atoms with Gasteiger partial charge in [0, 0.05) is 33.5 Å². The lowest BCUT2D eigenvalue weighted by molar-refractivity contribution is -0.0820. The highest BCUT2D eigenvalue weighted by Crippen LogP contribution is 2.41. The smallest absolute Gasteiger partial charge is 0.0783 e. The summed E-state index contributed by atoms with van der Waals surface area (Å²) in [6.07, 6.45) is 3.47. The van der Waals surface area contributed by atoms with Gasteiger partial charge in [-0.3, -0.25) is 0 Å². The first-order valence-electron chi connectivity index (χ1n) is 7.53. The molecular weight excluding hydrogens is 366 g/mol. The van der Waals surface area contributed by atoms with Gasteiger partial charge < -0.3 is 10.5 Å². The highest BCUT2D eigenvalue weighted by molar-refractivity contribution is 9.10. The standard InChI is InChI=1S/C16H22BrNOS2/c17-13-3-1-2-4-15(13)21-10-14(18)12-5-7-19-16(9-12)6-8-20-11-16/h1-4,12,14H,5-11,18H2. The lowest BCUT2D eigenvalue weighted by Crippen LogP contribution is -2.46. The Kier molecular flexibility index (Phi) is 5.60. The van der Waals surface area contributed by atoms with E-state index in [4.69, 9.17) is 10.5 Å². The van der Waals surface area contributed by atoms with Gasteiger partial charge in [-0.2, -0.15) is 11.8 Å². The van der Waals surface area contributed by atoms with Gasteiger partial charge >= 0.3 is 0 Å². The van der Waals surface area contributed by atoms with E-state index in [1.54, 1.807) is 0 Å². The van der Waals surface area contributed by atoms with E-state index in [1.807, 2.05) is 29.6 Å². The molecular formula is C16H22BrNOS2. The molecule has 0 amide bonds. The van der Waals surface area contributed by atoms with Crippen LogP contribution in [0.1, 0.15) is 19.3 Å². The van der Waals surface area contributed by atoms with Gasteiger partial charge in [0.1, 0.15) is 0 Å². The molecule has 116 valence electrons. The van der Waals surface area contributed by atoms with Crippen molar-refractivity contribution in [3.63, 3.8) is 0 Å². The van der Waals surface area contributed by atoms with Crippen LogP contribution in [0.4, 0.5) is 0 Å². The summed E-state index contributed by atoms with van der Waals surface area (Å²) in [4.78, 5) is 1.28. The van der Waals surface area contributed by atoms with Crippen molar-refractivity contribution in [1.29, 1.82) is 0 Å². The summed E-state index contributed by atoms with van der Waals surface area (Å²) in [5, 5.41) is 0. The minimum Gasteiger partial charge on any atom is -0.374 e. The Balaban J connectivity index is 1.55. The van der Waals surface area contributed by atoms with E-state index < -0.39 is 0 Å². The summed E-state index contributed by atoms with van der Waals surface area (Å²) < 4.78 is 7.26. The maximum atomic E-state index is 6.50. The lowest BCUT2D eigenvalue weighted by atomic mass is 9.82. The molecule has 21 heavy (non-hydrogen) atoms. The maximum Gasteiger partial charge on any atom is 0.0783 e. The van der Waals surface area contributed by atoms with Crippen LogP contribution < -0.4 is 5.73 Å². The van der Waals surface area contributed by atoms with E-state index in [9.17, 15) is 0 Å². The van der Waals surface area contributed by atoms with Crippen LogP contribution in [0.3, 0.4) is 0 Å². The van der Waals surface area contributed by atoms with Crippen LogP contribution in [-0.4, -0.2) is 35.5 Å². The second-order valence-corrected chi connectivity index (χ2v) is 9.01. The highest BCUT2D eigenvalue weighted by atomic mass is 79.9. The number of halogens is 1. The monoisotopic (exact) mass is 387 g/mol. The SMILES string of the molecule is NC(CSc1ccccc1Br)C1CCOC2(CCSC2)C1. The third-order valence-electron chi connectivity index (χ3n) is 4.47. The van der Waals surface area contributed by atoms with Gasteiger partial charge in [-0.15, -0.1) is 11.8 Å². The van der Waals surface area contributed by atoms with Crippen LogP contribution >= 0.6 is 39.5 Å². The molecule has 0 bridgehead atoms. The first-order valence-corrected chi connectivity index (χ1v) is 10.5. The summed E-state index contributed by atoms with van der Waals surface area (Å²) in [6.45, 7) is 0.888. The van der Waals surface area contributed by atoms with Crippen molar-refractivity contribution in [2.45, 2.75) is 35.8 Å². The van der Waals surface area contributed by atoms with Crippen molar-refractivity contribution in [1.82, 2.24) is 0 Å². The molecule has 3 unspecified atom stereocenters. The molecule has 3 atom stereocenters. The predicted molar refractivity (Wildman–Crippen MR) is 96.2 cm³/mol. The largest absolute Gasteiger partial charge is 0.374 e. The number of thioether (sulfide) groups is 2. The molecule has 0 saturated carbocycles. The average molecular weight is 388 g/mol. The van der Waals surface area contributed by atoms with Gasteiger partial charge in [-0.25, -0.2) is 0 Å². The topological polar surface area (TPSA) is 35.2 Å². The fourth-order valence-electron chi connectivity index (χ4n) is 3.18. The molecule has 0 radical (unpaired) electrons. The van der Waals surface area contributed by atoms with Gasteiger partial charge in [0.15, 0.2) is 0 Å². The van der Waals surface area contributed by atoms with Crippen LogP contribution in [-0.2, 0) is 4.74 Å². The third kappa shape index (κ3) is 3.99.